The van der Waals surface area contributed by atoms with Crippen molar-refractivity contribution < 1.29 is 9.47 Å². The van der Waals surface area contributed by atoms with Gasteiger partial charge in [0.15, 0.2) is 0 Å². The summed E-state index contributed by atoms with van der Waals surface area (Å²) in [6.07, 6.45) is -0.327. The Kier molecular flexibility index (Phi) is 10.2. The van der Waals surface area contributed by atoms with Crippen LogP contribution >= 0.6 is 11.8 Å². The molecule has 2 aromatic rings. The summed E-state index contributed by atoms with van der Waals surface area (Å²) in [7, 11) is 0. The van der Waals surface area contributed by atoms with Crippen molar-refractivity contribution in [3.8, 4) is 23.7 Å². The van der Waals surface area contributed by atoms with Crippen molar-refractivity contribution in [3.63, 3.8) is 0 Å². The fourth-order valence-electron chi connectivity index (χ4n) is 2.45. The smallest absolute Gasteiger partial charge is 0.143 e. The van der Waals surface area contributed by atoms with Gasteiger partial charge in [0.05, 0.1) is 11.5 Å². The molecule has 0 aromatic heterocycles. The lowest BCUT2D eigenvalue weighted by atomic mass is 10.1. The highest BCUT2D eigenvalue weighted by molar-refractivity contribution is 7.99. The molecule has 0 bridgehead atoms. The third-order valence-corrected chi connectivity index (χ3v) is 4.38. The van der Waals surface area contributed by atoms with E-state index in [4.69, 9.17) is 9.47 Å². The first-order valence-electron chi connectivity index (χ1n) is 9.22. The van der Waals surface area contributed by atoms with Gasteiger partial charge in [0, 0.05) is 13.2 Å². The highest BCUT2D eigenvalue weighted by atomic mass is 32.2. The fourth-order valence-corrected chi connectivity index (χ4v) is 2.93. The number of thioether (sulfide) groups is 1. The average molecular weight is 379 g/mol. The van der Waals surface area contributed by atoms with Crippen LogP contribution in [0, 0.1) is 23.7 Å². The summed E-state index contributed by atoms with van der Waals surface area (Å²) in [5, 5.41) is 0. The minimum Gasteiger partial charge on any atom is -0.361 e. The lowest BCUT2D eigenvalue weighted by Crippen LogP contribution is -2.01. The maximum absolute atomic E-state index is 5.74. The normalized spacial score (nSPS) is 12.2. The monoisotopic (exact) mass is 378 g/mol. The zero-order chi connectivity index (χ0) is 19.2. The van der Waals surface area contributed by atoms with E-state index in [-0.39, 0.29) is 12.2 Å². The van der Waals surface area contributed by atoms with E-state index < -0.39 is 0 Å². The van der Waals surface area contributed by atoms with Crippen LogP contribution in [0.3, 0.4) is 0 Å². The van der Waals surface area contributed by atoms with E-state index in [1.807, 2.05) is 74.5 Å². The molecule has 0 saturated heterocycles. The van der Waals surface area contributed by atoms with Crippen LogP contribution in [0.15, 0.2) is 60.7 Å². The molecule has 0 fully saturated rings. The Morgan fingerprint density at radius 1 is 0.704 bits per heavy atom. The number of benzene rings is 2. The van der Waals surface area contributed by atoms with E-state index in [0.717, 1.165) is 22.6 Å². The second-order valence-corrected chi connectivity index (χ2v) is 6.61. The van der Waals surface area contributed by atoms with Crippen LogP contribution in [-0.2, 0) is 9.47 Å². The largest absolute Gasteiger partial charge is 0.361 e. The molecule has 2 aromatic carbocycles. The van der Waals surface area contributed by atoms with Crippen LogP contribution < -0.4 is 0 Å². The first-order chi connectivity index (χ1) is 13.3. The lowest BCUT2D eigenvalue weighted by Gasteiger charge is -2.10. The van der Waals surface area contributed by atoms with Gasteiger partial charge < -0.3 is 9.47 Å². The Morgan fingerprint density at radius 2 is 1.11 bits per heavy atom. The van der Waals surface area contributed by atoms with Gasteiger partial charge in [0.2, 0.25) is 0 Å². The molecule has 3 heteroatoms. The zero-order valence-corrected chi connectivity index (χ0v) is 16.8. The van der Waals surface area contributed by atoms with Crippen LogP contribution in [-0.4, -0.2) is 24.7 Å². The van der Waals surface area contributed by atoms with Gasteiger partial charge in [0.25, 0.3) is 0 Å². The Morgan fingerprint density at radius 3 is 1.48 bits per heavy atom. The quantitative estimate of drug-likeness (QED) is 0.460. The fraction of sp³-hybridized carbons (Fsp3) is 0.333. The molecule has 2 nitrogen and oxygen atoms in total. The van der Waals surface area contributed by atoms with Crippen molar-refractivity contribution in [2.24, 2.45) is 0 Å². The molecule has 0 heterocycles. The first kappa shape index (κ1) is 21.1. The molecule has 0 amide bonds. The van der Waals surface area contributed by atoms with Gasteiger partial charge in [-0.05, 0) is 25.0 Å². The van der Waals surface area contributed by atoms with Crippen molar-refractivity contribution in [2.75, 3.05) is 24.7 Å². The Bertz CT molecular complexity index is 699. The van der Waals surface area contributed by atoms with E-state index in [9.17, 15) is 0 Å². The number of rotatable bonds is 8. The molecular formula is C24H26O2S. The standard InChI is InChI=1S/C24H26O2S/c1-3-25-23(21-13-7-5-8-14-21)17-11-19-27-20-12-18-24(26-4-2)22-15-9-6-10-16-22/h5-10,13-16,23-24H,3-4,19-20H2,1-2H3. The summed E-state index contributed by atoms with van der Waals surface area (Å²) < 4.78 is 11.5. The molecule has 2 atom stereocenters. The van der Waals surface area contributed by atoms with Gasteiger partial charge in [-0.1, -0.05) is 84.3 Å². The molecule has 2 unspecified atom stereocenters. The van der Waals surface area contributed by atoms with E-state index >= 15 is 0 Å². The van der Waals surface area contributed by atoms with Crippen molar-refractivity contribution >= 4 is 11.8 Å². The van der Waals surface area contributed by atoms with Crippen molar-refractivity contribution in [3.05, 3.63) is 71.8 Å². The third kappa shape index (κ3) is 7.94. The van der Waals surface area contributed by atoms with Crippen LogP contribution in [0.4, 0.5) is 0 Å². The lowest BCUT2D eigenvalue weighted by molar-refractivity contribution is 0.103. The van der Waals surface area contributed by atoms with Gasteiger partial charge in [-0.15, -0.1) is 11.8 Å². The topological polar surface area (TPSA) is 18.5 Å². The minimum atomic E-state index is -0.164. The summed E-state index contributed by atoms with van der Waals surface area (Å²) in [6.45, 7) is 5.27. The Hall–Kier alpha value is -2.17. The van der Waals surface area contributed by atoms with E-state index in [0.29, 0.717) is 13.2 Å². The van der Waals surface area contributed by atoms with Crippen LogP contribution in [0.5, 0.6) is 0 Å². The van der Waals surface area contributed by atoms with E-state index in [1.165, 1.54) is 0 Å². The van der Waals surface area contributed by atoms with Crippen molar-refractivity contribution in [2.45, 2.75) is 26.1 Å². The van der Waals surface area contributed by atoms with Gasteiger partial charge >= 0.3 is 0 Å². The van der Waals surface area contributed by atoms with Crippen LogP contribution in [0.1, 0.15) is 37.2 Å². The first-order valence-corrected chi connectivity index (χ1v) is 10.4. The molecule has 2 rings (SSSR count). The second-order valence-electron chi connectivity index (χ2n) is 5.63. The Balaban J connectivity index is 1.83. The average Bonchev–Trinajstić information content (AvgIpc) is 2.72. The summed E-state index contributed by atoms with van der Waals surface area (Å²) in [5.74, 6) is 14.3. The van der Waals surface area contributed by atoms with Gasteiger partial charge in [-0.3, -0.25) is 0 Å². The Labute approximate surface area is 167 Å². The van der Waals surface area contributed by atoms with Gasteiger partial charge in [-0.2, -0.15) is 0 Å². The predicted molar refractivity (Wildman–Crippen MR) is 114 cm³/mol. The molecule has 0 spiro atoms. The van der Waals surface area contributed by atoms with Crippen LogP contribution in [0.2, 0.25) is 0 Å². The molecule has 0 saturated carbocycles. The molecule has 27 heavy (non-hydrogen) atoms. The van der Waals surface area contributed by atoms with Gasteiger partial charge in [0.1, 0.15) is 12.2 Å². The van der Waals surface area contributed by atoms with E-state index in [1.54, 1.807) is 11.8 Å². The maximum Gasteiger partial charge on any atom is 0.143 e. The summed E-state index contributed by atoms with van der Waals surface area (Å²) in [5.41, 5.74) is 2.19. The molecular weight excluding hydrogens is 352 g/mol. The van der Waals surface area contributed by atoms with Crippen molar-refractivity contribution in [1.29, 1.82) is 0 Å². The summed E-state index contributed by atoms with van der Waals surface area (Å²) in [6, 6.07) is 20.2. The molecule has 0 aliphatic carbocycles. The highest BCUT2D eigenvalue weighted by Gasteiger charge is 2.07. The third-order valence-electron chi connectivity index (χ3n) is 3.69. The summed E-state index contributed by atoms with van der Waals surface area (Å²) >= 11 is 1.71. The van der Waals surface area contributed by atoms with Crippen molar-refractivity contribution in [1.82, 2.24) is 0 Å². The minimum absolute atomic E-state index is 0.164. The van der Waals surface area contributed by atoms with Crippen LogP contribution in [0.25, 0.3) is 0 Å². The van der Waals surface area contributed by atoms with E-state index in [2.05, 4.69) is 23.7 Å². The SMILES string of the molecule is CCOC(C#CCSCC#CC(OCC)c1ccccc1)c1ccccc1. The maximum atomic E-state index is 5.74. The molecule has 0 radical (unpaired) electrons. The molecule has 140 valence electrons. The number of hydrogen-bond donors (Lipinski definition) is 0. The molecule has 0 aliphatic rings. The zero-order valence-electron chi connectivity index (χ0n) is 16.0. The highest BCUT2D eigenvalue weighted by Crippen LogP contribution is 2.17. The predicted octanol–water partition coefficient (Wildman–Crippen LogP) is 5.28. The molecule has 0 aliphatic heterocycles. The molecule has 0 N–H and O–H groups in total. The number of hydrogen-bond acceptors (Lipinski definition) is 3. The summed E-state index contributed by atoms with van der Waals surface area (Å²) in [4.78, 5) is 0. The number of ether oxygens (including phenoxy) is 2. The second kappa shape index (κ2) is 13.1. The van der Waals surface area contributed by atoms with Gasteiger partial charge in [-0.25, -0.2) is 0 Å².